The summed E-state index contributed by atoms with van der Waals surface area (Å²) in [5.41, 5.74) is 5.82. The van der Waals surface area contributed by atoms with Crippen LogP contribution in [0.15, 0.2) is 12.2 Å². The molecule has 1 aliphatic heterocycles. The van der Waals surface area contributed by atoms with Crippen molar-refractivity contribution in [3.63, 3.8) is 0 Å². The van der Waals surface area contributed by atoms with Gasteiger partial charge >= 0.3 is 0 Å². The standard InChI is InChI=1S/C12H24N2/c1-3-5-7-14-8-6-11(4-2)9-12(14)10-13/h3,5,11-12H,4,6-10,13H2,1-2H3/b5-3+. The van der Waals surface area contributed by atoms with Crippen LogP contribution in [0.3, 0.4) is 0 Å². The molecule has 2 N–H and O–H groups in total. The largest absolute Gasteiger partial charge is 0.329 e. The Bertz CT molecular complexity index is 177. The molecule has 0 aromatic rings. The van der Waals surface area contributed by atoms with Gasteiger partial charge in [0.1, 0.15) is 0 Å². The molecule has 0 aliphatic carbocycles. The highest BCUT2D eigenvalue weighted by Gasteiger charge is 2.25. The lowest BCUT2D eigenvalue weighted by Gasteiger charge is -2.38. The van der Waals surface area contributed by atoms with Crippen molar-refractivity contribution in [2.75, 3.05) is 19.6 Å². The second-order valence-electron chi connectivity index (χ2n) is 4.25. The van der Waals surface area contributed by atoms with Crippen molar-refractivity contribution in [3.8, 4) is 0 Å². The van der Waals surface area contributed by atoms with Gasteiger partial charge in [0.2, 0.25) is 0 Å². The summed E-state index contributed by atoms with van der Waals surface area (Å²) >= 11 is 0. The van der Waals surface area contributed by atoms with Gasteiger partial charge in [0.15, 0.2) is 0 Å². The Balaban J connectivity index is 2.43. The van der Waals surface area contributed by atoms with E-state index in [0.29, 0.717) is 6.04 Å². The van der Waals surface area contributed by atoms with E-state index in [1.54, 1.807) is 0 Å². The molecule has 0 aromatic heterocycles. The molecule has 1 saturated heterocycles. The highest BCUT2D eigenvalue weighted by Crippen LogP contribution is 2.24. The van der Waals surface area contributed by atoms with Crippen molar-refractivity contribution in [3.05, 3.63) is 12.2 Å². The Kier molecular flexibility index (Phi) is 5.20. The number of piperidine rings is 1. The SMILES string of the molecule is C/C=C/CN1CCC(CC)CC1CN. The smallest absolute Gasteiger partial charge is 0.0224 e. The Morgan fingerprint density at radius 2 is 2.29 bits per heavy atom. The van der Waals surface area contributed by atoms with Crippen molar-refractivity contribution in [1.29, 1.82) is 0 Å². The molecular formula is C12H24N2. The van der Waals surface area contributed by atoms with Crippen LogP contribution in [-0.4, -0.2) is 30.6 Å². The molecule has 0 saturated carbocycles. The van der Waals surface area contributed by atoms with Crippen molar-refractivity contribution < 1.29 is 0 Å². The summed E-state index contributed by atoms with van der Waals surface area (Å²) in [5.74, 6) is 0.908. The minimum absolute atomic E-state index is 0.616. The molecule has 0 amide bonds. The van der Waals surface area contributed by atoms with Gasteiger partial charge < -0.3 is 5.73 Å². The average molecular weight is 196 g/mol. The molecule has 1 rings (SSSR count). The molecule has 2 atom stereocenters. The van der Waals surface area contributed by atoms with Crippen LogP contribution < -0.4 is 5.73 Å². The number of hydrogen-bond acceptors (Lipinski definition) is 2. The Hall–Kier alpha value is -0.340. The number of nitrogens with zero attached hydrogens (tertiary/aromatic N) is 1. The molecule has 0 bridgehead atoms. The zero-order valence-corrected chi connectivity index (χ0v) is 9.58. The normalized spacial score (nSPS) is 29.9. The highest BCUT2D eigenvalue weighted by molar-refractivity contribution is 4.88. The molecule has 82 valence electrons. The van der Waals surface area contributed by atoms with E-state index >= 15 is 0 Å². The molecular weight excluding hydrogens is 172 g/mol. The molecule has 14 heavy (non-hydrogen) atoms. The molecule has 1 fully saturated rings. The van der Waals surface area contributed by atoms with Crippen LogP contribution in [0.25, 0.3) is 0 Å². The van der Waals surface area contributed by atoms with E-state index in [4.69, 9.17) is 5.73 Å². The molecule has 0 radical (unpaired) electrons. The Morgan fingerprint density at radius 3 is 2.86 bits per heavy atom. The van der Waals surface area contributed by atoms with Gasteiger partial charge in [-0.2, -0.15) is 0 Å². The quantitative estimate of drug-likeness (QED) is 0.697. The fourth-order valence-electron chi connectivity index (χ4n) is 2.28. The topological polar surface area (TPSA) is 29.3 Å². The fourth-order valence-corrected chi connectivity index (χ4v) is 2.28. The monoisotopic (exact) mass is 196 g/mol. The van der Waals surface area contributed by atoms with Gasteiger partial charge in [0.05, 0.1) is 0 Å². The lowest BCUT2D eigenvalue weighted by atomic mass is 9.89. The maximum atomic E-state index is 5.82. The number of likely N-dealkylation sites (tertiary alicyclic amines) is 1. The van der Waals surface area contributed by atoms with Crippen molar-refractivity contribution in [2.24, 2.45) is 11.7 Å². The van der Waals surface area contributed by atoms with Crippen LogP contribution in [0.2, 0.25) is 0 Å². The second kappa shape index (κ2) is 6.20. The molecule has 1 aliphatic rings. The molecule has 0 aromatic carbocycles. The van der Waals surface area contributed by atoms with E-state index in [-0.39, 0.29) is 0 Å². The average Bonchev–Trinajstić information content (AvgIpc) is 2.26. The van der Waals surface area contributed by atoms with Crippen LogP contribution in [0.4, 0.5) is 0 Å². The summed E-state index contributed by atoms with van der Waals surface area (Å²) in [5, 5.41) is 0. The molecule has 2 heteroatoms. The second-order valence-corrected chi connectivity index (χ2v) is 4.25. The summed E-state index contributed by atoms with van der Waals surface area (Å²) in [6.45, 7) is 7.49. The first kappa shape index (κ1) is 11.7. The van der Waals surface area contributed by atoms with Gasteiger partial charge in [0.25, 0.3) is 0 Å². The third kappa shape index (κ3) is 3.10. The maximum Gasteiger partial charge on any atom is 0.0224 e. The third-order valence-corrected chi connectivity index (χ3v) is 3.37. The lowest BCUT2D eigenvalue weighted by molar-refractivity contribution is 0.128. The molecule has 0 spiro atoms. The first-order chi connectivity index (χ1) is 6.81. The summed E-state index contributed by atoms with van der Waals surface area (Å²) in [4.78, 5) is 2.52. The predicted molar refractivity (Wildman–Crippen MR) is 62.2 cm³/mol. The number of rotatable bonds is 4. The maximum absolute atomic E-state index is 5.82. The van der Waals surface area contributed by atoms with Gasteiger partial charge in [-0.25, -0.2) is 0 Å². The predicted octanol–water partition coefficient (Wildman–Crippen LogP) is 2.01. The van der Waals surface area contributed by atoms with E-state index < -0.39 is 0 Å². The van der Waals surface area contributed by atoms with Crippen LogP contribution in [-0.2, 0) is 0 Å². The molecule has 2 unspecified atom stereocenters. The van der Waals surface area contributed by atoms with Crippen molar-refractivity contribution in [1.82, 2.24) is 4.90 Å². The Morgan fingerprint density at radius 1 is 1.50 bits per heavy atom. The van der Waals surface area contributed by atoms with E-state index in [0.717, 1.165) is 19.0 Å². The number of allylic oxidation sites excluding steroid dienone is 1. The van der Waals surface area contributed by atoms with Gasteiger partial charge in [0, 0.05) is 19.1 Å². The lowest BCUT2D eigenvalue weighted by Crippen LogP contribution is -2.46. The zero-order valence-electron chi connectivity index (χ0n) is 9.58. The van der Waals surface area contributed by atoms with Crippen LogP contribution in [0.1, 0.15) is 33.1 Å². The summed E-state index contributed by atoms with van der Waals surface area (Å²) in [7, 11) is 0. The van der Waals surface area contributed by atoms with Crippen molar-refractivity contribution in [2.45, 2.75) is 39.2 Å². The summed E-state index contributed by atoms with van der Waals surface area (Å²) < 4.78 is 0. The van der Waals surface area contributed by atoms with E-state index in [1.807, 2.05) is 0 Å². The molecule has 1 heterocycles. The van der Waals surface area contributed by atoms with E-state index in [9.17, 15) is 0 Å². The summed E-state index contributed by atoms with van der Waals surface area (Å²) in [6.07, 6.45) is 8.32. The highest BCUT2D eigenvalue weighted by atomic mass is 15.2. The van der Waals surface area contributed by atoms with Gasteiger partial charge in [-0.05, 0) is 32.2 Å². The van der Waals surface area contributed by atoms with Crippen LogP contribution in [0, 0.1) is 5.92 Å². The fraction of sp³-hybridized carbons (Fsp3) is 0.833. The zero-order chi connectivity index (χ0) is 10.4. The minimum Gasteiger partial charge on any atom is -0.329 e. The van der Waals surface area contributed by atoms with Crippen molar-refractivity contribution >= 4 is 0 Å². The van der Waals surface area contributed by atoms with E-state index in [2.05, 4.69) is 30.9 Å². The first-order valence-corrected chi connectivity index (χ1v) is 5.87. The van der Waals surface area contributed by atoms with Gasteiger partial charge in [-0.1, -0.05) is 25.5 Å². The van der Waals surface area contributed by atoms with Crippen LogP contribution >= 0.6 is 0 Å². The summed E-state index contributed by atoms with van der Waals surface area (Å²) in [6, 6.07) is 0.616. The number of nitrogens with two attached hydrogens (primary N) is 1. The van der Waals surface area contributed by atoms with E-state index in [1.165, 1.54) is 25.8 Å². The minimum atomic E-state index is 0.616. The van der Waals surface area contributed by atoms with Gasteiger partial charge in [-0.3, -0.25) is 4.90 Å². The van der Waals surface area contributed by atoms with Gasteiger partial charge in [-0.15, -0.1) is 0 Å². The number of hydrogen-bond donors (Lipinski definition) is 1. The van der Waals surface area contributed by atoms with Crippen LogP contribution in [0.5, 0.6) is 0 Å². The third-order valence-electron chi connectivity index (χ3n) is 3.37. The molecule has 2 nitrogen and oxygen atoms in total. The first-order valence-electron chi connectivity index (χ1n) is 5.87. The Labute approximate surface area is 88.2 Å².